The number of rotatable bonds is 5. The first-order valence-electron chi connectivity index (χ1n) is 10.2. The van der Waals surface area contributed by atoms with Crippen LogP contribution in [0, 0.1) is 0 Å². The SMILES string of the molecule is Nc1cc(Oc2ccc(-c3nnc(Nc4cccc(C(F)(F)F)c4)[nH]3)c3ccccc23)nc(N)n1. The van der Waals surface area contributed by atoms with E-state index in [0.29, 0.717) is 17.1 Å². The van der Waals surface area contributed by atoms with Crippen LogP contribution in [0.2, 0.25) is 0 Å². The lowest BCUT2D eigenvalue weighted by Crippen LogP contribution is -2.05. The molecule has 9 nitrogen and oxygen atoms in total. The fourth-order valence-corrected chi connectivity index (χ4v) is 3.54. The van der Waals surface area contributed by atoms with Crippen LogP contribution < -0.4 is 21.5 Å². The predicted molar refractivity (Wildman–Crippen MR) is 125 cm³/mol. The van der Waals surface area contributed by atoms with Crippen LogP contribution in [-0.2, 0) is 6.18 Å². The zero-order valence-electron chi connectivity index (χ0n) is 17.8. The number of aromatic nitrogens is 5. The normalized spacial score (nSPS) is 11.5. The molecule has 0 spiro atoms. The fourth-order valence-electron chi connectivity index (χ4n) is 3.54. The summed E-state index contributed by atoms with van der Waals surface area (Å²) < 4.78 is 44.9. The zero-order valence-corrected chi connectivity index (χ0v) is 17.8. The van der Waals surface area contributed by atoms with E-state index in [9.17, 15) is 13.2 Å². The maximum Gasteiger partial charge on any atom is 0.416 e. The van der Waals surface area contributed by atoms with Crippen molar-refractivity contribution in [3.05, 3.63) is 72.3 Å². The number of nitrogen functional groups attached to an aromatic ring is 2. The second kappa shape index (κ2) is 8.48. The Morgan fingerprint density at radius 2 is 1.66 bits per heavy atom. The number of anilines is 4. The lowest BCUT2D eigenvalue weighted by atomic mass is 10.0. The molecule has 12 heteroatoms. The van der Waals surface area contributed by atoms with Gasteiger partial charge in [0, 0.05) is 22.7 Å². The van der Waals surface area contributed by atoms with Crippen LogP contribution in [-0.4, -0.2) is 25.1 Å². The van der Waals surface area contributed by atoms with Crippen LogP contribution in [0.3, 0.4) is 0 Å². The number of H-pyrrole nitrogens is 1. The molecule has 2 heterocycles. The average Bonchev–Trinajstić information content (AvgIpc) is 3.26. The van der Waals surface area contributed by atoms with Gasteiger partial charge < -0.3 is 26.5 Å². The molecule has 0 bridgehead atoms. The molecule has 0 saturated heterocycles. The van der Waals surface area contributed by atoms with E-state index >= 15 is 0 Å². The summed E-state index contributed by atoms with van der Waals surface area (Å²) in [5.41, 5.74) is 11.5. The van der Waals surface area contributed by atoms with E-state index in [-0.39, 0.29) is 29.3 Å². The molecule has 0 aliphatic carbocycles. The third-order valence-corrected chi connectivity index (χ3v) is 5.03. The van der Waals surface area contributed by atoms with Gasteiger partial charge in [-0.3, -0.25) is 0 Å². The summed E-state index contributed by atoms with van der Waals surface area (Å²) in [5, 5.41) is 12.5. The lowest BCUT2D eigenvalue weighted by Gasteiger charge is -2.11. The van der Waals surface area contributed by atoms with Gasteiger partial charge in [0.1, 0.15) is 11.6 Å². The summed E-state index contributed by atoms with van der Waals surface area (Å²) in [4.78, 5) is 10.9. The topological polar surface area (TPSA) is 141 Å². The number of hydrogen-bond donors (Lipinski definition) is 4. The summed E-state index contributed by atoms with van der Waals surface area (Å²) in [5.74, 6) is 1.47. The van der Waals surface area contributed by atoms with Gasteiger partial charge in [-0.1, -0.05) is 30.3 Å². The number of halogens is 3. The first kappa shape index (κ1) is 21.9. The summed E-state index contributed by atoms with van der Waals surface area (Å²) in [7, 11) is 0. The molecule has 5 aromatic rings. The number of ether oxygens (including phenoxy) is 1. The molecule has 0 amide bonds. The Labute approximate surface area is 196 Å². The van der Waals surface area contributed by atoms with Crippen molar-refractivity contribution in [2.75, 3.05) is 16.8 Å². The summed E-state index contributed by atoms with van der Waals surface area (Å²) in [6.45, 7) is 0. The Kier molecular flexibility index (Phi) is 5.32. The molecule has 0 radical (unpaired) electrons. The van der Waals surface area contributed by atoms with E-state index in [1.165, 1.54) is 18.2 Å². The van der Waals surface area contributed by atoms with Crippen LogP contribution in [0.25, 0.3) is 22.2 Å². The number of benzene rings is 3. The van der Waals surface area contributed by atoms with E-state index in [1.807, 2.05) is 24.3 Å². The van der Waals surface area contributed by atoms with Gasteiger partial charge in [-0.05, 0) is 35.7 Å². The highest BCUT2D eigenvalue weighted by Crippen LogP contribution is 2.36. The quantitative estimate of drug-likeness (QED) is 0.272. The van der Waals surface area contributed by atoms with E-state index in [4.69, 9.17) is 16.2 Å². The summed E-state index contributed by atoms with van der Waals surface area (Å²) in [6, 6.07) is 17.2. The van der Waals surface area contributed by atoms with Gasteiger partial charge in [-0.2, -0.15) is 23.1 Å². The molecule has 0 unspecified atom stereocenters. The second-order valence-electron chi connectivity index (χ2n) is 7.47. The highest BCUT2D eigenvalue weighted by molar-refractivity contribution is 5.99. The van der Waals surface area contributed by atoms with E-state index in [1.54, 1.807) is 12.1 Å². The fraction of sp³-hybridized carbons (Fsp3) is 0.0435. The van der Waals surface area contributed by atoms with Crippen molar-refractivity contribution in [2.45, 2.75) is 6.18 Å². The number of hydrogen-bond acceptors (Lipinski definition) is 8. The predicted octanol–water partition coefficient (Wildman–Crippen LogP) is 5.13. The molecule has 0 fully saturated rings. The first-order valence-corrected chi connectivity index (χ1v) is 10.2. The number of fused-ring (bicyclic) bond motifs is 1. The molecule has 3 aromatic carbocycles. The second-order valence-corrected chi connectivity index (χ2v) is 7.47. The molecule has 6 N–H and O–H groups in total. The molecule has 0 aliphatic heterocycles. The molecular formula is C23H17F3N8O. The minimum atomic E-state index is -4.45. The molecular weight excluding hydrogens is 461 g/mol. The van der Waals surface area contributed by atoms with Crippen molar-refractivity contribution >= 4 is 34.2 Å². The Balaban J connectivity index is 1.46. The molecule has 0 aliphatic rings. The maximum absolute atomic E-state index is 13.0. The number of nitrogens with zero attached hydrogens (tertiary/aromatic N) is 4. The molecule has 35 heavy (non-hydrogen) atoms. The van der Waals surface area contributed by atoms with Crippen molar-refractivity contribution in [2.24, 2.45) is 0 Å². The minimum Gasteiger partial charge on any atom is -0.438 e. The maximum atomic E-state index is 13.0. The van der Waals surface area contributed by atoms with E-state index < -0.39 is 11.7 Å². The van der Waals surface area contributed by atoms with E-state index in [2.05, 4.69) is 30.5 Å². The highest BCUT2D eigenvalue weighted by atomic mass is 19.4. The van der Waals surface area contributed by atoms with Crippen LogP contribution >= 0.6 is 0 Å². The monoisotopic (exact) mass is 478 g/mol. The van der Waals surface area contributed by atoms with Crippen LogP contribution in [0.4, 0.5) is 36.6 Å². The van der Waals surface area contributed by atoms with Crippen molar-refractivity contribution in [3.63, 3.8) is 0 Å². The Bertz CT molecular complexity index is 1510. The van der Waals surface area contributed by atoms with Crippen LogP contribution in [0.1, 0.15) is 5.56 Å². The van der Waals surface area contributed by atoms with Crippen LogP contribution in [0.15, 0.2) is 66.7 Å². The summed E-state index contributed by atoms with van der Waals surface area (Å²) in [6.07, 6.45) is -4.45. The average molecular weight is 478 g/mol. The van der Waals surface area contributed by atoms with Gasteiger partial charge in [0.25, 0.3) is 0 Å². The van der Waals surface area contributed by atoms with Crippen molar-refractivity contribution in [1.29, 1.82) is 0 Å². The van der Waals surface area contributed by atoms with Gasteiger partial charge in [-0.15, -0.1) is 10.2 Å². The number of nitrogens with two attached hydrogens (primary N) is 2. The number of alkyl halides is 3. The van der Waals surface area contributed by atoms with Crippen molar-refractivity contribution in [3.8, 4) is 23.0 Å². The van der Waals surface area contributed by atoms with Gasteiger partial charge >= 0.3 is 6.18 Å². The van der Waals surface area contributed by atoms with Gasteiger partial charge in [-0.25, -0.2) is 0 Å². The number of aromatic amines is 1. The van der Waals surface area contributed by atoms with Crippen LogP contribution in [0.5, 0.6) is 11.6 Å². The minimum absolute atomic E-state index is 0.0108. The lowest BCUT2D eigenvalue weighted by molar-refractivity contribution is -0.137. The van der Waals surface area contributed by atoms with Gasteiger partial charge in [0.2, 0.25) is 17.8 Å². The molecule has 0 atom stereocenters. The highest BCUT2D eigenvalue weighted by Gasteiger charge is 2.30. The molecule has 5 rings (SSSR count). The third-order valence-electron chi connectivity index (χ3n) is 5.03. The number of nitrogens with one attached hydrogen (secondary N) is 2. The van der Waals surface area contributed by atoms with Gasteiger partial charge in [0.05, 0.1) is 5.56 Å². The summed E-state index contributed by atoms with van der Waals surface area (Å²) >= 11 is 0. The Hall–Kier alpha value is -4.87. The third kappa shape index (κ3) is 4.62. The zero-order chi connectivity index (χ0) is 24.6. The first-order chi connectivity index (χ1) is 16.8. The smallest absolute Gasteiger partial charge is 0.416 e. The van der Waals surface area contributed by atoms with Crippen molar-refractivity contribution in [1.82, 2.24) is 25.1 Å². The molecule has 0 saturated carbocycles. The Morgan fingerprint density at radius 3 is 2.43 bits per heavy atom. The van der Waals surface area contributed by atoms with E-state index in [0.717, 1.165) is 22.9 Å². The largest absolute Gasteiger partial charge is 0.438 e. The van der Waals surface area contributed by atoms with Gasteiger partial charge in [0.15, 0.2) is 5.82 Å². The van der Waals surface area contributed by atoms with Crippen molar-refractivity contribution < 1.29 is 17.9 Å². The standard InChI is InChI=1S/C23H17F3N8O/c24-23(25,26)12-4-3-5-13(10-12)29-22-32-20(33-34-22)16-8-9-17(15-7-2-1-6-14(15)16)35-19-11-18(27)30-21(28)31-19/h1-11H,(H4,27,28,30,31)(H2,29,32,33,34). The molecule has 176 valence electrons. The molecule has 2 aromatic heterocycles. The Morgan fingerprint density at radius 1 is 0.857 bits per heavy atom.